The van der Waals surface area contributed by atoms with E-state index in [9.17, 15) is 9.18 Å². The van der Waals surface area contributed by atoms with Crippen molar-refractivity contribution in [2.45, 2.75) is 20.0 Å². The van der Waals surface area contributed by atoms with Gasteiger partial charge in [0.05, 0.1) is 23.2 Å². The quantitative estimate of drug-likeness (QED) is 0.691. The van der Waals surface area contributed by atoms with Crippen LogP contribution >= 0.6 is 11.3 Å². The van der Waals surface area contributed by atoms with E-state index < -0.39 is 6.17 Å². The lowest BCUT2D eigenvalue weighted by Crippen LogP contribution is -2.18. The number of hydrogen-bond donors (Lipinski definition) is 1. The van der Waals surface area contributed by atoms with E-state index in [1.54, 1.807) is 13.1 Å². The third-order valence-electron chi connectivity index (χ3n) is 3.72. The molecule has 0 radical (unpaired) electrons. The Hall–Kier alpha value is -2.58. The number of aliphatic hydroxyl groups is 1. The van der Waals surface area contributed by atoms with E-state index in [1.165, 1.54) is 41.3 Å². The van der Waals surface area contributed by atoms with Crippen LogP contribution in [0, 0.1) is 0 Å². The number of hydrogen-bond acceptors (Lipinski definition) is 6. The van der Waals surface area contributed by atoms with Gasteiger partial charge in [0.2, 0.25) is 0 Å². The molecule has 0 saturated heterocycles. The van der Waals surface area contributed by atoms with Crippen LogP contribution in [0.4, 0.5) is 10.1 Å². The Morgan fingerprint density at radius 1 is 1.48 bits per heavy atom. The van der Waals surface area contributed by atoms with Gasteiger partial charge in [0.25, 0.3) is 5.56 Å². The molecule has 0 saturated carbocycles. The molecule has 1 N–H and O–H groups in total. The number of halogens is 1. The van der Waals surface area contributed by atoms with Crippen molar-refractivity contribution in [2.75, 3.05) is 25.6 Å². The fourth-order valence-corrected chi connectivity index (χ4v) is 3.62. The summed E-state index contributed by atoms with van der Waals surface area (Å²) in [7, 11) is 3.88. The minimum Gasteiger partial charge on any atom is -0.392 e. The lowest BCUT2D eigenvalue weighted by molar-refractivity contribution is 0.343. The SMILES string of the molecule is C/C(=C\C(C)F)n1cnc2c(sc3nccc(N(C)C)c32)c1=O.C=CCO. The summed E-state index contributed by atoms with van der Waals surface area (Å²) in [5, 5.41) is 8.63. The Kier molecular flexibility index (Phi) is 6.81. The highest BCUT2D eigenvalue weighted by Crippen LogP contribution is 2.35. The van der Waals surface area contributed by atoms with Gasteiger partial charge in [0.1, 0.15) is 22.0 Å². The van der Waals surface area contributed by atoms with Gasteiger partial charge in [-0.2, -0.15) is 0 Å². The molecule has 0 aliphatic carbocycles. The highest BCUT2D eigenvalue weighted by molar-refractivity contribution is 7.25. The van der Waals surface area contributed by atoms with Crippen molar-refractivity contribution >= 4 is 43.2 Å². The number of aliphatic hydroxyl groups excluding tert-OH is 1. The molecule has 0 spiro atoms. The van der Waals surface area contributed by atoms with Gasteiger partial charge in [-0.15, -0.1) is 17.9 Å². The average molecular weight is 390 g/mol. The summed E-state index contributed by atoms with van der Waals surface area (Å²) in [6.45, 7) is 6.43. The Morgan fingerprint density at radius 3 is 2.70 bits per heavy atom. The van der Waals surface area contributed by atoms with Crippen LogP contribution in [-0.4, -0.2) is 46.5 Å². The average Bonchev–Trinajstić information content (AvgIpc) is 3.01. The van der Waals surface area contributed by atoms with Gasteiger partial charge in [-0.25, -0.2) is 14.4 Å². The van der Waals surface area contributed by atoms with E-state index in [4.69, 9.17) is 5.11 Å². The molecule has 1 atom stereocenters. The molecule has 3 aromatic heterocycles. The first kappa shape index (κ1) is 20.7. The first-order valence-electron chi connectivity index (χ1n) is 8.32. The number of alkyl halides is 1. The standard InChI is InChI=1S/C16H17FN4OS.C3H6O/c1-9(17)7-10(2)21-8-19-13-12-11(20(3)4)5-6-18-15(12)23-14(13)16(21)22;1-2-3-4/h5-9H,1-4H3;2,4H,1,3H2/b10-7+;. The number of thiophene rings is 1. The van der Waals surface area contributed by atoms with Crippen LogP contribution in [0.15, 0.2) is 42.1 Å². The van der Waals surface area contributed by atoms with Crippen molar-refractivity contribution in [3.8, 4) is 0 Å². The first-order valence-corrected chi connectivity index (χ1v) is 9.14. The maximum absolute atomic E-state index is 13.2. The molecule has 8 heteroatoms. The number of rotatable bonds is 4. The summed E-state index contributed by atoms with van der Waals surface area (Å²) >= 11 is 1.32. The second-order valence-electron chi connectivity index (χ2n) is 6.06. The number of allylic oxidation sites excluding steroid dienone is 2. The van der Waals surface area contributed by atoms with E-state index in [2.05, 4.69) is 16.5 Å². The molecule has 0 fully saturated rings. The van der Waals surface area contributed by atoms with Crippen molar-refractivity contribution in [3.63, 3.8) is 0 Å². The van der Waals surface area contributed by atoms with Gasteiger partial charge in [-0.3, -0.25) is 9.36 Å². The highest BCUT2D eigenvalue weighted by Gasteiger charge is 2.16. The van der Waals surface area contributed by atoms with E-state index >= 15 is 0 Å². The Balaban J connectivity index is 0.000000596. The molecule has 0 aliphatic rings. The summed E-state index contributed by atoms with van der Waals surface area (Å²) in [5.74, 6) is 0. The van der Waals surface area contributed by atoms with E-state index in [0.29, 0.717) is 15.9 Å². The van der Waals surface area contributed by atoms with Crippen molar-refractivity contribution in [1.82, 2.24) is 14.5 Å². The minimum absolute atomic E-state index is 0.0833. The Morgan fingerprint density at radius 2 is 2.15 bits per heavy atom. The molecule has 1 unspecified atom stereocenters. The van der Waals surface area contributed by atoms with E-state index in [0.717, 1.165) is 15.9 Å². The van der Waals surface area contributed by atoms with Crippen molar-refractivity contribution in [2.24, 2.45) is 0 Å². The molecule has 3 aromatic rings. The van der Waals surface area contributed by atoms with Crippen LogP contribution in [-0.2, 0) is 0 Å². The van der Waals surface area contributed by atoms with Gasteiger partial charge in [0.15, 0.2) is 0 Å². The summed E-state index contributed by atoms with van der Waals surface area (Å²) in [4.78, 5) is 24.3. The summed E-state index contributed by atoms with van der Waals surface area (Å²) in [6.07, 6.45) is 4.88. The highest BCUT2D eigenvalue weighted by atomic mass is 32.1. The molecular weight excluding hydrogens is 367 g/mol. The topological polar surface area (TPSA) is 71.2 Å². The molecule has 144 valence electrons. The van der Waals surface area contributed by atoms with E-state index in [1.807, 2.05) is 25.1 Å². The number of pyridine rings is 1. The van der Waals surface area contributed by atoms with Gasteiger partial charge >= 0.3 is 0 Å². The number of nitrogens with zero attached hydrogens (tertiary/aromatic N) is 4. The number of aromatic nitrogens is 3. The Bertz CT molecular complexity index is 1040. The molecule has 6 nitrogen and oxygen atoms in total. The Labute approximate surface area is 160 Å². The van der Waals surface area contributed by atoms with Gasteiger partial charge in [-0.05, 0) is 26.0 Å². The number of fused-ring (bicyclic) bond motifs is 3. The van der Waals surface area contributed by atoms with Gasteiger partial charge < -0.3 is 10.0 Å². The van der Waals surface area contributed by atoms with Crippen molar-refractivity contribution in [3.05, 3.63) is 47.7 Å². The number of anilines is 1. The molecule has 0 aliphatic heterocycles. The largest absolute Gasteiger partial charge is 0.392 e. The maximum atomic E-state index is 13.2. The fourth-order valence-electron chi connectivity index (χ4n) is 2.57. The zero-order valence-electron chi connectivity index (χ0n) is 15.8. The monoisotopic (exact) mass is 390 g/mol. The predicted octanol–water partition coefficient (Wildman–Crippen LogP) is 3.46. The zero-order chi connectivity index (χ0) is 20.1. The second-order valence-corrected chi connectivity index (χ2v) is 7.06. The molecule has 27 heavy (non-hydrogen) atoms. The van der Waals surface area contributed by atoms with Crippen LogP contribution in [0.1, 0.15) is 13.8 Å². The molecule has 3 heterocycles. The van der Waals surface area contributed by atoms with Crippen LogP contribution in [0.3, 0.4) is 0 Å². The molecular formula is C19H23FN4O2S. The van der Waals surface area contributed by atoms with Crippen LogP contribution < -0.4 is 10.5 Å². The third kappa shape index (κ3) is 4.40. The van der Waals surface area contributed by atoms with Crippen molar-refractivity contribution < 1.29 is 9.50 Å². The predicted molar refractivity (Wildman–Crippen MR) is 111 cm³/mol. The smallest absolute Gasteiger partial charge is 0.275 e. The maximum Gasteiger partial charge on any atom is 0.275 e. The molecule has 0 bridgehead atoms. The van der Waals surface area contributed by atoms with Crippen LogP contribution in [0.5, 0.6) is 0 Å². The molecule has 3 rings (SSSR count). The second kappa shape index (κ2) is 8.88. The zero-order valence-corrected chi connectivity index (χ0v) is 16.6. The lowest BCUT2D eigenvalue weighted by atomic mass is 10.2. The van der Waals surface area contributed by atoms with E-state index in [-0.39, 0.29) is 12.2 Å². The molecule has 0 amide bonds. The third-order valence-corrected chi connectivity index (χ3v) is 4.80. The normalized spacial score (nSPS) is 12.6. The van der Waals surface area contributed by atoms with Gasteiger partial charge in [-0.1, -0.05) is 6.08 Å². The fraction of sp³-hybridized carbons (Fsp3) is 0.316. The lowest BCUT2D eigenvalue weighted by Gasteiger charge is -2.13. The first-order chi connectivity index (χ1) is 12.8. The summed E-state index contributed by atoms with van der Waals surface area (Å²) < 4.78 is 15.1. The van der Waals surface area contributed by atoms with Crippen molar-refractivity contribution in [1.29, 1.82) is 0 Å². The van der Waals surface area contributed by atoms with Crippen LogP contribution in [0.25, 0.3) is 26.1 Å². The summed E-state index contributed by atoms with van der Waals surface area (Å²) in [5.41, 5.74) is 1.94. The van der Waals surface area contributed by atoms with Crippen LogP contribution in [0.2, 0.25) is 0 Å². The van der Waals surface area contributed by atoms with Gasteiger partial charge in [0, 0.05) is 26.0 Å². The molecule has 0 aromatic carbocycles. The minimum atomic E-state index is -1.12. The summed E-state index contributed by atoms with van der Waals surface area (Å²) in [6, 6.07) is 1.90.